The average Bonchev–Trinajstić information content (AvgIpc) is 2.57. The van der Waals surface area contributed by atoms with Crippen LogP contribution in [0.4, 0.5) is 0 Å². The summed E-state index contributed by atoms with van der Waals surface area (Å²) in [5.41, 5.74) is -0.184. The fourth-order valence-electron chi connectivity index (χ4n) is 3.19. The van der Waals surface area contributed by atoms with Crippen LogP contribution in [-0.4, -0.2) is 47.2 Å². The van der Waals surface area contributed by atoms with Crippen LogP contribution in [-0.2, 0) is 15.1 Å². The molecule has 3 rings (SSSR count). The zero-order valence-electron chi connectivity index (χ0n) is 12.2. The predicted molar refractivity (Wildman–Crippen MR) is 77.5 cm³/mol. The van der Waals surface area contributed by atoms with Crippen molar-refractivity contribution in [2.75, 3.05) is 26.3 Å². The molecule has 2 aliphatic rings. The average molecular weight is 290 g/mol. The third kappa shape index (κ3) is 3.09. The van der Waals surface area contributed by atoms with E-state index in [1.54, 1.807) is 6.20 Å². The number of pyridine rings is 1. The van der Waals surface area contributed by atoms with E-state index in [0.29, 0.717) is 44.8 Å². The maximum atomic E-state index is 12.5. The molecule has 3 heterocycles. The lowest BCUT2D eigenvalue weighted by Crippen LogP contribution is -2.48. The Morgan fingerprint density at radius 1 is 1.29 bits per heavy atom. The van der Waals surface area contributed by atoms with Gasteiger partial charge in [-0.2, -0.15) is 0 Å². The first kappa shape index (κ1) is 14.5. The Balaban J connectivity index is 1.61. The minimum absolute atomic E-state index is 0.0970. The van der Waals surface area contributed by atoms with E-state index in [4.69, 9.17) is 4.74 Å². The highest BCUT2D eigenvalue weighted by Crippen LogP contribution is 2.32. The quantitative estimate of drug-likeness (QED) is 0.892. The van der Waals surface area contributed by atoms with Crippen molar-refractivity contribution in [2.45, 2.75) is 31.3 Å². The van der Waals surface area contributed by atoms with Crippen molar-refractivity contribution in [1.29, 1.82) is 0 Å². The van der Waals surface area contributed by atoms with Crippen molar-refractivity contribution in [3.63, 3.8) is 0 Å². The fourth-order valence-corrected chi connectivity index (χ4v) is 3.19. The number of ether oxygens (including phenoxy) is 1. The van der Waals surface area contributed by atoms with Gasteiger partial charge in [0.25, 0.3) is 0 Å². The van der Waals surface area contributed by atoms with E-state index < -0.39 is 5.60 Å². The van der Waals surface area contributed by atoms with Gasteiger partial charge in [0.05, 0.1) is 5.69 Å². The Morgan fingerprint density at radius 2 is 2.00 bits per heavy atom. The molecule has 1 aromatic heterocycles. The van der Waals surface area contributed by atoms with Gasteiger partial charge in [0.15, 0.2) is 0 Å². The summed E-state index contributed by atoms with van der Waals surface area (Å²) >= 11 is 0. The number of amides is 1. The van der Waals surface area contributed by atoms with Crippen LogP contribution in [0.25, 0.3) is 0 Å². The summed E-state index contributed by atoms with van der Waals surface area (Å²) in [6, 6.07) is 5.59. The molecule has 0 atom stereocenters. The maximum Gasteiger partial charge on any atom is 0.225 e. The smallest absolute Gasteiger partial charge is 0.225 e. The summed E-state index contributed by atoms with van der Waals surface area (Å²) in [5.74, 6) is 0.321. The summed E-state index contributed by atoms with van der Waals surface area (Å²) in [6.45, 7) is 2.57. The molecule has 0 saturated carbocycles. The Labute approximate surface area is 124 Å². The molecule has 2 saturated heterocycles. The van der Waals surface area contributed by atoms with Crippen LogP contribution < -0.4 is 0 Å². The highest BCUT2D eigenvalue weighted by Gasteiger charge is 2.38. The van der Waals surface area contributed by atoms with Crippen LogP contribution in [0, 0.1) is 5.92 Å². The van der Waals surface area contributed by atoms with Gasteiger partial charge in [-0.3, -0.25) is 9.78 Å². The second-order valence-electron chi connectivity index (χ2n) is 5.96. The van der Waals surface area contributed by atoms with Crippen molar-refractivity contribution in [3.05, 3.63) is 30.1 Å². The molecule has 1 aromatic rings. The third-order valence-corrected chi connectivity index (χ3v) is 4.61. The van der Waals surface area contributed by atoms with Crippen LogP contribution in [0.15, 0.2) is 24.4 Å². The zero-order valence-corrected chi connectivity index (χ0v) is 12.2. The molecule has 0 aromatic carbocycles. The summed E-state index contributed by atoms with van der Waals surface area (Å²) in [7, 11) is 0. The van der Waals surface area contributed by atoms with E-state index in [2.05, 4.69) is 4.98 Å². The molecule has 1 amide bonds. The Bertz CT molecular complexity index is 478. The van der Waals surface area contributed by atoms with Crippen LogP contribution in [0.3, 0.4) is 0 Å². The van der Waals surface area contributed by atoms with Crippen molar-refractivity contribution in [3.8, 4) is 0 Å². The van der Waals surface area contributed by atoms with Gasteiger partial charge < -0.3 is 14.7 Å². The molecule has 0 aliphatic carbocycles. The molecular formula is C16H22N2O3. The van der Waals surface area contributed by atoms with Crippen LogP contribution in [0.2, 0.25) is 0 Å². The first-order chi connectivity index (χ1) is 10.2. The molecule has 0 bridgehead atoms. The minimum Gasteiger partial charge on any atom is -0.383 e. The summed E-state index contributed by atoms with van der Waals surface area (Å²) < 4.78 is 5.31. The third-order valence-electron chi connectivity index (χ3n) is 4.61. The number of aromatic nitrogens is 1. The van der Waals surface area contributed by atoms with Gasteiger partial charge in [-0.05, 0) is 37.8 Å². The van der Waals surface area contributed by atoms with Gasteiger partial charge in [-0.15, -0.1) is 0 Å². The number of carbonyl (C=O) groups is 1. The van der Waals surface area contributed by atoms with E-state index in [9.17, 15) is 9.90 Å². The number of nitrogens with zero attached hydrogens (tertiary/aromatic N) is 2. The van der Waals surface area contributed by atoms with Crippen molar-refractivity contribution >= 4 is 5.91 Å². The molecule has 2 fully saturated rings. The molecule has 114 valence electrons. The van der Waals surface area contributed by atoms with Crippen LogP contribution in [0.1, 0.15) is 31.4 Å². The Hall–Kier alpha value is -1.46. The monoisotopic (exact) mass is 290 g/mol. The molecule has 5 heteroatoms. The normalized spacial score (nSPS) is 23.0. The largest absolute Gasteiger partial charge is 0.383 e. The molecule has 5 nitrogen and oxygen atoms in total. The number of piperidine rings is 1. The topological polar surface area (TPSA) is 62.7 Å². The highest BCUT2D eigenvalue weighted by atomic mass is 16.5. The van der Waals surface area contributed by atoms with Crippen LogP contribution >= 0.6 is 0 Å². The number of aliphatic hydroxyl groups is 1. The van der Waals surface area contributed by atoms with E-state index in [-0.39, 0.29) is 11.8 Å². The van der Waals surface area contributed by atoms with E-state index in [1.807, 2.05) is 23.1 Å². The van der Waals surface area contributed by atoms with E-state index >= 15 is 0 Å². The highest BCUT2D eigenvalue weighted by molar-refractivity contribution is 5.79. The van der Waals surface area contributed by atoms with Gasteiger partial charge in [0.2, 0.25) is 5.91 Å². The molecule has 21 heavy (non-hydrogen) atoms. The standard InChI is InChI=1S/C16H22N2O3/c19-15(13-4-11-21-12-5-13)18-9-6-16(20,7-10-18)14-3-1-2-8-17-14/h1-3,8,13,20H,4-7,9-12H2. The number of carbonyl (C=O) groups excluding carboxylic acids is 1. The van der Waals surface area contributed by atoms with Gasteiger partial charge >= 0.3 is 0 Å². The van der Waals surface area contributed by atoms with Gasteiger partial charge in [-0.25, -0.2) is 0 Å². The maximum absolute atomic E-state index is 12.5. The van der Waals surface area contributed by atoms with E-state index in [0.717, 1.165) is 12.8 Å². The molecule has 2 aliphatic heterocycles. The lowest BCUT2D eigenvalue weighted by atomic mass is 9.87. The molecule has 1 N–H and O–H groups in total. The summed E-state index contributed by atoms with van der Waals surface area (Å²) in [6.07, 6.45) is 4.45. The first-order valence-electron chi connectivity index (χ1n) is 7.69. The Morgan fingerprint density at radius 3 is 2.62 bits per heavy atom. The second-order valence-corrected chi connectivity index (χ2v) is 5.96. The van der Waals surface area contributed by atoms with Gasteiger partial charge in [0.1, 0.15) is 5.60 Å². The molecular weight excluding hydrogens is 268 g/mol. The summed E-state index contributed by atoms with van der Waals surface area (Å²) in [4.78, 5) is 18.6. The fraction of sp³-hybridized carbons (Fsp3) is 0.625. The van der Waals surface area contributed by atoms with Crippen LogP contribution in [0.5, 0.6) is 0 Å². The SMILES string of the molecule is O=C(C1CCOCC1)N1CCC(O)(c2ccccn2)CC1. The van der Waals surface area contributed by atoms with Crippen molar-refractivity contribution in [1.82, 2.24) is 9.88 Å². The molecule has 0 spiro atoms. The molecule has 0 unspecified atom stereocenters. The zero-order chi connectivity index (χ0) is 14.7. The lowest BCUT2D eigenvalue weighted by molar-refractivity contribution is -0.143. The van der Waals surface area contributed by atoms with Crippen molar-refractivity contribution < 1.29 is 14.6 Å². The first-order valence-corrected chi connectivity index (χ1v) is 7.69. The minimum atomic E-state index is -0.895. The van der Waals surface area contributed by atoms with Gasteiger partial charge in [0, 0.05) is 38.4 Å². The number of rotatable bonds is 2. The Kier molecular flexibility index (Phi) is 4.22. The predicted octanol–water partition coefficient (Wildman–Crippen LogP) is 1.32. The van der Waals surface area contributed by atoms with Gasteiger partial charge in [-0.1, -0.05) is 6.07 Å². The lowest BCUT2D eigenvalue weighted by Gasteiger charge is -2.39. The summed E-state index contributed by atoms with van der Waals surface area (Å²) in [5, 5.41) is 10.7. The van der Waals surface area contributed by atoms with Crippen molar-refractivity contribution in [2.24, 2.45) is 5.92 Å². The van der Waals surface area contributed by atoms with E-state index in [1.165, 1.54) is 0 Å². The number of hydrogen-bond acceptors (Lipinski definition) is 4. The number of likely N-dealkylation sites (tertiary alicyclic amines) is 1. The number of hydrogen-bond donors (Lipinski definition) is 1. The molecule has 0 radical (unpaired) electrons. The second kappa shape index (κ2) is 6.12.